The second-order valence-corrected chi connectivity index (χ2v) is 4.22. The maximum absolute atomic E-state index is 11.6. The van der Waals surface area contributed by atoms with Gasteiger partial charge in [-0.3, -0.25) is 9.59 Å². The van der Waals surface area contributed by atoms with E-state index in [9.17, 15) is 9.59 Å². The topological polar surface area (TPSA) is 80.9 Å². The summed E-state index contributed by atoms with van der Waals surface area (Å²) in [6.07, 6.45) is 0. The zero-order chi connectivity index (χ0) is 12.7. The van der Waals surface area contributed by atoms with Crippen molar-refractivity contribution >= 4 is 11.0 Å². The molecule has 5 nitrogen and oxygen atoms in total. The molecule has 0 spiro atoms. The quantitative estimate of drug-likeness (QED) is 0.695. The molecule has 1 aromatic carbocycles. The molecule has 0 bridgehead atoms. The molecule has 3 N–H and O–H groups in total. The smallest absolute Gasteiger partial charge is 0.316 e. The Morgan fingerprint density at radius 1 is 1.35 bits per heavy atom. The molecular formula is C12H15N3O2. The van der Waals surface area contributed by atoms with Crippen LogP contribution in [-0.4, -0.2) is 9.55 Å². The van der Waals surface area contributed by atoms with Crippen molar-refractivity contribution in [1.29, 1.82) is 0 Å². The van der Waals surface area contributed by atoms with Crippen LogP contribution >= 0.6 is 0 Å². The predicted molar refractivity (Wildman–Crippen MR) is 67.2 cm³/mol. The summed E-state index contributed by atoms with van der Waals surface area (Å²) in [5, 5.41) is 0. The third kappa shape index (κ3) is 1.59. The van der Waals surface area contributed by atoms with Crippen LogP contribution in [0.5, 0.6) is 0 Å². The molecule has 1 heterocycles. The average molecular weight is 233 g/mol. The Balaban J connectivity index is 3.13. The van der Waals surface area contributed by atoms with Crippen LogP contribution < -0.4 is 16.9 Å². The highest BCUT2D eigenvalue weighted by atomic mass is 16.2. The molecule has 0 aliphatic carbocycles. The highest BCUT2D eigenvalue weighted by Crippen LogP contribution is 2.21. The van der Waals surface area contributed by atoms with Crippen molar-refractivity contribution in [2.45, 2.75) is 20.4 Å². The summed E-state index contributed by atoms with van der Waals surface area (Å²) in [5.74, 6) is 0. The van der Waals surface area contributed by atoms with Crippen molar-refractivity contribution in [2.24, 2.45) is 12.8 Å². The first-order valence-electron chi connectivity index (χ1n) is 5.39. The number of aryl methyl sites for hydroxylation is 2. The van der Waals surface area contributed by atoms with Crippen molar-refractivity contribution in [2.75, 3.05) is 0 Å². The minimum atomic E-state index is -0.605. The Kier molecular flexibility index (Phi) is 2.63. The van der Waals surface area contributed by atoms with Crippen molar-refractivity contribution in [3.8, 4) is 0 Å². The van der Waals surface area contributed by atoms with Crippen LogP contribution in [0.2, 0.25) is 0 Å². The Morgan fingerprint density at radius 3 is 2.59 bits per heavy atom. The van der Waals surface area contributed by atoms with Crippen LogP contribution in [0, 0.1) is 13.8 Å². The van der Waals surface area contributed by atoms with Gasteiger partial charge in [0.15, 0.2) is 0 Å². The van der Waals surface area contributed by atoms with E-state index >= 15 is 0 Å². The zero-order valence-corrected chi connectivity index (χ0v) is 10.1. The lowest BCUT2D eigenvalue weighted by Gasteiger charge is -2.13. The molecule has 0 saturated heterocycles. The number of H-pyrrole nitrogens is 1. The number of nitrogens with zero attached hydrogens (tertiary/aromatic N) is 1. The van der Waals surface area contributed by atoms with Gasteiger partial charge in [0.05, 0.1) is 11.0 Å². The van der Waals surface area contributed by atoms with Gasteiger partial charge in [0, 0.05) is 13.6 Å². The molecule has 1 aromatic heterocycles. The number of hydrogen-bond acceptors (Lipinski definition) is 3. The standard InChI is InChI=1S/C12H15N3O2/c1-6-4-9-10(8(5-13)7(6)2)15(3)12(17)11(16)14-9/h4H,5,13H2,1-3H3,(H,14,16). The second kappa shape index (κ2) is 3.85. The summed E-state index contributed by atoms with van der Waals surface area (Å²) in [6, 6.07) is 1.87. The van der Waals surface area contributed by atoms with Gasteiger partial charge in [-0.2, -0.15) is 0 Å². The fraction of sp³-hybridized carbons (Fsp3) is 0.333. The van der Waals surface area contributed by atoms with E-state index in [0.717, 1.165) is 16.7 Å². The Labute approximate surface area is 97.9 Å². The van der Waals surface area contributed by atoms with Gasteiger partial charge in [0.25, 0.3) is 0 Å². The molecule has 0 saturated carbocycles. The number of nitrogens with one attached hydrogen (secondary N) is 1. The molecule has 0 aliphatic rings. The number of nitrogens with two attached hydrogens (primary N) is 1. The molecule has 2 aromatic rings. The third-order valence-electron chi connectivity index (χ3n) is 3.23. The van der Waals surface area contributed by atoms with E-state index in [0.29, 0.717) is 17.6 Å². The minimum Gasteiger partial charge on any atom is -0.326 e. The highest BCUT2D eigenvalue weighted by Gasteiger charge is 2.12. The molecule has 0 radical (unpaired) electrons. The van der Waals surface area contributed by atoms with Crippen LogP contribution in [0.1, 0.15) is 16.7 Å². The number of rotatable bonds is 1. The summed E-state index contributed by atoms with van der Waals surface area (Å²) >= 11 is 0. The molecule has 0 amide bonds. The van der Waals surface area contributed by atoms with E-state index in [4.69, 9.17) is 5.73 Å². The molecule has 90 valence electrons. The van der Waals surface area contributed by atoms with E-state index in [1.54, 1.807) is 7.05 Å². The van der Waals surface area contributed by atoms with E-state index in [1.807, 2.05) is 19.9 Å². The fourth-order valence-corrected chi connectivity index (χ4v) is 2.13. The Hall–Kier alpha value is -1.88. The molecule has 0 atom stereocenters. The summed E-state index contributed by atoms with van der Waals surface area (Å²) in [7, 11) is 1.59. The third-order valence-corrected chi connectivity index (χ3v) is 3.23. The predicted octanol–water partition coefficient (Wildman–Crippen LogP) is 0.302. The zero-order valence-electron chi connectivity index (χ0n) is 10.1. The molecule has 0 aliphatic heterocycles. The lowest BCUT2D eigenvalue weighted by molar-refractivity contribution is 0.859. The summed E-state index contributed by atoms with van der Waals surface area (Å²) in [5.41, 5.74) is 8.94. The largest absolute Gasteiger partial charge is 0.326 e. The van der Waals surface area contributed by atoms with E-state index in [1.165, 1.54) is 4.57 Å². The lowest BCUT2D eigenvalue weighted by atomic mass is 10.0. The highest BCUT2D eigenvalue weighted by molar-refractivity contribution is 5.80. The molecule has 5 heteroatoms. The van der Waals surface area contributed by atoms with Gasteiger partial charge in [-0.25, -0.2) is 0 Å². The minimum absolute atomic E-state index is 0.337. The van der Waals surface area contributed by atoms with E-state index in [-0.39, 0.29) is 0 Å². The SMILES string of the molecule is Cc1cc2[nH]c(=O)c(=O)n(C)c2c(CN)c1C. The Morgan fingerprint density at radius 2 is 2.00 bits per heavy atom. The molecule has 0 unspecified atom stereocenters. The number of fused-ring (bicyclic) bond motifs is 1. The van der Waals surface area contributed by atoms with Gasteiger partial charge in [0.1, 0.15) is 0 Å². The van der Waals surface area contributed by atoms with Crippen LogP contribution in [0.15, 0.2) is 15.7 Å². The van der Waals surface area contributed by atoms with Crippen molar-refractivity contribution in [3.05, 3.63) is 43.5 Å². The molecule has 2 rings (SSSR count). The van der Waals surface area contributed by atoms with E-state index < -0.39 is 11.1 Å². The lowest BCUT2D eigenvalue weighted by Crippen LogP contribution is -2.35. The van der Waals surface area contributed by atoms with Gasteiger partial charge in [-0.05, 0) is 36.6 Å². The number of hydrogen-bond donors (Lipinski definition) is 2. The number of benzene rings is 1. The van der Waals surface area contributed by atoms with Crippen molar-refractivity contribution in [3.63, 3.8) is 0 Å². The fourth-order valence-electron chi connectivity index (χ4n) is 2.13. The van der Waals surface area contributed by atoms with Crippen molar-refractivity contribution in [1.82, 2.24) is 9.55 Å². The normalized spacial score (nSPS) is 11.1. The summed E-state index contributed by atoms with van der Waals surface area (Å²) in [4.78, 5) is 25.7. The van der Waals surface area contributed by atoms with Crippen LogP contribution in [0.4, 0.5) is 0 Å². The summed E-state index contributed by atoms with van der Waals surface area (Å²) < 4.78 is 1.36. The molecule has 17 heavy (non-hydrogen) atoms. The molecule has 0 fully saturated rings. The Bertz CT molecular complexity index is 710. The van der Waals surface area contributed by atoms with Crippen LogP contribution in [-0.2, 0) is 13.6 Å². The van der Waals surface area contributed by atoms with Crippen LogP contribution in [0.25, 0.3) is 11.0 Å². The monoisotopic (exact) mass is 233 g/mol. The first kappa shape index (κ1) is 11.6. The van der Waals surface area contributed by atoms with E-state index in [2.05, 4.69) is 4.98 Å². The van der Waals surface area contributed by atoms with Crippen molar-refractivity contribution < 1.29 is 0 Å². The van der Waals surface area contributed by atoms with Gasteiger partial charge in [-0.1, -0.05) is 0 Å². The van der Waals surface area contributed by atoms with Gasteiger partial charge >= 0.3 is 11.1 Å². The number of aromatic amines is 1. The maximum Gasteiger partial charge on any atom is 0.316 e. The van der Waals surface area contributed by atoms with Gasteiger partial charge in [-0.15, -0.1) is 0 Å². The summed E-state index contributed by atoms with van der Waals surface area (Å²) in [6.45, 7) is 4.26. The second-order valence-electron chi connectivity index (χ2n) is 4.22. The number of aromatic nitrogens is 2. The van der Waals surface area contributed by atoms with Crippen LogP contribution in [0.3, 0.4) is 0 Å². The van der Waals surface area contributed by atoms with Gasteiger partial charge < -0.3 is 15.3 Å². The first-order chi connectivity index (χ1) is 7.97. The van der Waals surface area contributed by atoms with Gasteiger partial charge in [0.2, 0.25) is 0 Å². The average Bonchev–Trinajstić information content (AvgIpc) is 2.29. The molecular weight excluding hydrogens is 218 g/mol. The maximum atomic E-state index is 11.6. The first-order valence-corrected chi connectivity index (χ1v) is 5.39.